The van der Waals surface area contributed by atoms with E-state index in [0.29, 0.717) is 14.9 Å². The van der Waals surface area contributed by atoms with Crippen molar-refractivity contribution in [2.24, 2.45) is 0 Å². The number of esters is 2. The van der Waals surface area contributed by atoms with Gasteiger partial charge in [0, 0.05) is 0 Å². The molecule has 0 unspecified atom stereocenters. The van der Waals surface area contributed by atoms with E-state index in [1.807, 2.05) is 0 Å². The fraction of sp³-hybridized carbons (Fsp3) is 0.238. The van der Waals surface area contributed by atoms with Crippen LogP contribution in [0.2, 0.25) is 0 Å². The maximum atomic E-state index is 12.6. The number of imide groups is 1. The zero-order valence-corrected chi connectivity index (χ0v) is 20.5. The average molecular weight is 540 g/mol. The number of methoxy groups -OCH3 is 1. The topological polar surface area (TPSA) is 99.2 Å². The Kier molecular flexibility index (Phi) is 7.75. The third-order valence-corrected chi connectivity index (χ3v) is 6.34. The molecule has 0 N–H and O–H groups in total. The molecule has 0 aliphatic carbocycles. The van der Waals surface area contributed by atoms with Crippen molar-refractivity contribution < 1.29 is 33.4 Å². The Balaban J connectivity index is 1.81. The maximum absolute atomic E-state index is 12.6. The number of nitrogens with zero attached hydrogens (tertiary/aromatic N) is 1. The van der Waals surface area contributed by atoms with Crippen molar-refractivity contribution in [1.29, 1.82) is 0 Å². The monoisotopic (exact) mass is 539 g/mol. The lowest BCUT2D eigenvalue weighted by molar-refractivity contribution is -0.149. The summed E-state index contributed by atoms with van der Waals surface area (Å²) in [6.45, 7) is 2.90. The molecular formula is C21H18BrNO7S2. The van der Waals surface area contributed by atoms with E-state index in [1.165, 1.54) is 24.5 Å². The van der Waals surface area contributed by atoms with Crippen LogP contribution in [0.25, 0.3) is 6.08 Å². The summed E-state index contributed by atoms with van der Waals surface area (Å²) < 4.78 is 16.2. The summed E-state index contributed by atoms with van der Waals surface area (Å²) in [5.74, 6) is -1.34. The van der Waals surface area contributed by atoms with Crippen molar-refractivity contribution in [2.75, 3.05) is 13.7 Å². The van der Waals surface area contributed by atoms with Gasteiger partial charge in [0.1, 0.15) is 11.4 Å². The molecule has 1 aliphatic heterocycles. The first-order valence-electron chi connectivity index (χ1n) is 9.27. The van der Waals surface area contributed by atoms with Gasteiger partial charge in [0.05, 0.1) is 22.6 Å². The van der Waals surface area contributed by atoms with Gasteiger partial charge in [0.25, 0.3) is 11.1 Å². The third-order valence-electron chi connectivity index (χ3n) is 3.99. The van der Waals surface area contributed by atoms with Crippen LogP contribution in [0.3, 0.4) is 0 Å². The molecular weight excluding hydrogens is 522 g/mol. The molecule has 8 nitrogen and oxygen atoms in total. The smallest absolute Gasteiger partial charge is 0.353 e. The molecule has 3 rings (SSSR count). The third kappa shape index (κ3) is 5.59. The number of ether oxygens (including phenoxy) is 3. The summed E-state index contributed by atoms with van der Waals surface area (Å²) >= 11 is 5.33. The number of thiophene rings is 1. The molecule has 0 radical (unpaired) electrons. The lowest BCUT2D eigenvalue weighted by Gasteiger charge is -2.13. The molecule has 1 aromatic heterocycles. The molecule has 0 atom stereocenters. The van der Waals surface area contributed by atoms with Crippen LogP contribution >= 0.6 is 39.0 Å². The summed E-state index contributed by atoms with van der Waals surface area (Å²) in [7, 11) is 1.42. The molecule has 1 saturated heterocycles. The van der Waals surface area contributed by atoms with Crippen molar-refractivity contribution in [2.45, 2.75) is 20.0 Å². The fourth-order valence-corrected chi connectivity index (χ4v) is 4.65. The van der Waals surface area contributed by atoms with E-state index in [0.717, 1.165) is 16.7 Å². The highest BCUT2D eigenvalue weighted by molar-refractivity contribution is 9.10. The molecule has 32 heavy (non-hydrogen) atoms. The zero-order chi connectivity index (χ0) is 23.4. The van der Waals surface area contributed by atoms with E-state index in [4.69, 9.17) is 14.2 Å². The molecule has 0 spiro atoms. The summed E-state index contributed by atoms with van der Waals surface area (Å²) in [5, 5.41) is 1.20. The molecule has 168 valence electrons. The largest absolute Gasteiger partial charge is 0.493 e. The second kappa shape index (κ2) is 10.3. The van der Waals surface area contributed by atoms with Crippen molar-refractivity contribution in [3.8, 4) is 11.5 Å². The average Bonchev–Trinajstić information content (AvgIpc) is 3.34. The number of carbonyl (C=O) groups excluding carboxylic acids is 4. The number of thioether (sulfide) groups is 1. The van der Waals surface area contributed by atoms with Gasteiger partial charge in [-0.25, -0.2) is 4.79 Å². The van der Waals surface area contributed by atoms with Gasteiger partial charge >= 0.3 is 11.9 Å². The molecule has 1 aliphatic rings. The van der Waals surface area contributed by atoms with E-state index in [-0.39, 0.29) is 22.5 Å². The van der Waals surface area contributed by atoms with Gasteiger partial charge in [0.2, 0.25) is 0 Å². The van der Waals surface area contributed by atoms with E-state index in [1.54, 1.807) is 43.5 Å². The van der Waals surface area contributed by atoms with Crippen LogP contribution in [0.4, 0.5) is 4.79 Å². The number of benzene rings is 1. The minimum atomic E-state index is -0.662. The first kappa shape index (κ1) is 24.0. The van der Waals surface area contributed by atoms with Crippen LogP contribution in [0.15, 0.2) is 39.0 Å². The van der Waals surface area contributed by atoms with E-state index >= 15 is 0 Å². The highest BCUT2D eigenvalue weighted by atomic mass is 79.9. The van der Waals surface area contributed by atoms with Crippen molar-refractivity contribution >= 4 is 68.2 Å². The highest BCUT2D eigenvalue weighted by Gasteiger charge is 2.37. The van der Waals surface area contributed by atoms with Gasteiger partial charge in [0.15, 0.2) is 11.5 Å². The molecule has 2 heterocycles. The minimum absolute atomic E-state index is 0.143. The van der Waals surface area contributed by atoms with Gasteiger partial charge in [-0.1, -0.05) is 6.07 Å². The molecule has 0 saturated carbocycles. The lowest BCUT2D eigenvalue weighted by Crippen LogP contribution is -2.35. The summed E-state index contributed by atoms with van der Waals surface area (Å²) in [6, 6.07) is 6.59. The van der Waals surface area contributed by atoms with E-state index < -0.39 is 29.6 Å². The normalized spacial score (nSPS) is 14.9. The second-order valence-electron chi connectivity index (χ2n) is 6.71. The minimum Gasteiger partial charge on any atom is -0.493 e. The number of hydrogen-bond acceptors (Lipinski definition) is 9. The number of carbonyl (C=O) groups is 4. The predicted octanol–water partition coefficient (Wildman–Crippen LogP) is 4.73. The molecule has 1 aromatic carbocycles. The van der Waals surface area contributed by atoms with Crippen molar-refractivity contribution in [1.82, 2.24) is 4.90 Å². The molecule has 11 heteroatoms. The number of amides is 2. The fourth-order valence-electron chi connectivity index (χ4n) is 2.68. The molecule has 2 amide bonds. The highest BCUT2D eigenvalue weighted by Crippen LogP contribution is 2.39. The Labute approximate surface area is 200 Å². The van der Waals surface area contributed by atoms with Crippen LogP contribution in [-0.4, -0.2) is 47.7 Å². The van der Waals surface area contributed by atoms with Crippen molar-refractivity contribution in [3.63, 3.8) is 0 Å². The Morgan fingerprint density at radius 3 is 2.62 bits per heavy atom. The quantitative estimate of drug-likeness (QED) is 0.283. The maximum Gasteiger partial charge on any atom is 0.353 e. The number of hydrogen-bond donors (Lipinski definition) is 0. The zero-order valence-electron chi connectivity index (χ0n) is 17.2. The Bertz CT molecular complexity index is 1100. The first-order chi connectivity index (χ1) is 15.2. The van der Waals surface area contributed by atoms with Gasteiger partial charge in [-0.3, -0.25) is 19.3 Å². The van der Waals surface area contributed by atoms with Crippen LogP contribution in [0.1, 0.15) is 29.1 Å². The second-order valence-corrected chi connectivity index (χ2v) is 9.50. The Hall–Kier alpha value is -2.63. The number of rotatable bonds is 7. The van der Waals surface area contributed by atoms with Crippen LogP contribution in [0.5, 0.6) is 11.5 Å². The van der Waals surface area contributed by atoms with Crippen LogP contribution < -0.4 is 9.47 Å². The molecule has 1 fully saturated rings. The Morgan fingerprint density at radius 1 is 1.25 bits per heavy atom. The van der Waals surface area contributed by atoms with E-state index in [9.17, 15) is 19.2 Å². The van der Waals surface area contributed by atoms with Gasteiger partial charge < -0.3 is 14.2 Å². The summed E-state index contributed by atoms with van der Waals surface area (Å²) in [5.41, 5.74) is 0.528. The SMILES string of the molecule is COc1cc(/C=C2\SC(=O)N(CC(=O)OC(C)C)C2=O)cc(Br)c1OC(=O)c1cccs1. The van der Waals surface area contributed by atoms with Gasteiger partial charge in [-0.2, -0.15) is 0 Å². The summed E-state index contributed by atoms with van der Waals surface area (Å²) in [6.07, 6.45) is 1.15. The first-order valence-corrected chi connectivity index (χ1v) is 11.8. The standard InChI is InChI=1S/C21H18BrNO7S2/c1-11(2)29-17(24)10-23-19(25)16(32-21(23)27)9-12-7-13(22)18(14(8-12)28-3)30-20(26)15-5-4-6-31-15/h4-9,11H,10H2,1-3H3/b16-9-. The van der Waals surface area contributed by atoms with Crippen molar-refractivity contribution in [3.05, 3.63) is 49.5 Å². The van der Waals surface area contributed by atoms with Crippen LogP contribution in [-0.2, 0) is 14.3 Å². The Morgan fingerprint density at radius 2 is 2.00 bits per heavy atom. The van der Waals surface area contributed by atoms with E-state index in [2.05, 4.69) is 15.9 Å². The van der Waals surface area contributed by atoms with Gasteiger partial charge in [-0.15, -0.1) is 11.3 Å². The van der Waals surface area contributed by atoms with Crippen LogP contribution in [0, 0.1) is 0 Å². The lowest BCUT2D eigenvalue weighted by atomic mass is 10.2. The number of halogens is 1. The summed E-state index contributed by atoms with van der Waals surface area (Å²) in [4.78, 5) is 50.4. The molecule has 2 aromatic rings. The predicted molar refractivity (Wildman–Crippen MR) is 124 cm³/mol. The molecule has 0 bridgehead atoms. The van der Waals surface area contributed by atoms with Gasteiger partial charge in [-0.05, 0) is 76.8 Å².